The van der Waals surface area contributed by atoms with E-state index in [9.17, 15) is 19.5 Å². The summed E-state index contributed by atoms with van der Waals surface area (Å²) < 4.78 is 22.2. The van der Waals surface area contributed by atoms with Crippen molar-refractivity contribution in [3.63, 3.8) is 0 Å². The van der Waals surface area contributed by atoms with E-state index >= 15 is 0 Å². The molecule has 6 N–H and O–H groups in total. The molecule has 1 saturated heterocycles. The fraction of sp³-hybridized carbons (Fsp3) is 0.732. The molecule has 3 amide bonds. The molecule has 1 aliphatic carbocycles. The van der Waals surface area contributed by atoms with Crippen molar-refractivity contribution in [2.45, 2.75) is 135 Å². The first-order chi connectivity index (χ1) is 27.1. The summed E-state index contributed by atoms with van der Waals surface area (Å²) in [5.41, 5.74) is 6.42. The molecule has 0 radical (unpaired) electrons. The number of aliphatic hydroxyl groups is 1. The van der Waals surface area contributed by atoms with Crippen molar-refractivity contribution in [1.82, 2.24) is 25.7 Å². The lowest BCUT2D eigenvalue weighted by Gasteiger charge is -2.36. The number of aliphatic hydroxyl groups excluding tert-OH is 1. The Labute approximate surface area is 332 Å². The molecule has 1 saturated carbocycles. The van der Waals surface area contributed by atoms with Crippen LogP contribution >= 0.6 is 0 Å². The molecule has 2 heterocycles. The number of hydrogen-bond donors (Lipinski definition) is 5. The van der Waals surface area contributed by atoms with Crippen molar-refractivity contribution in [3.8, 4) is 0 Å². The van der Waals surface area contributed by atoms with Crippen molar-refractivity contribution < 1.29 is 38.2 Å². The first-order valence-electron chi connectivity index (χ1n) is 20.8. The smallest absolute Gasteiger partial charge is 0.320 e. The van der Waals surface area contributed by atoms with E-state index in [1.807, 2.05) is 49.1 Å². The number of benzene rings is 1. The molecule has 5 atom stereocenters. The van der Waals surface area contributed by atoms with Crippen LogP contribution in [0.2, 0.25) is 0 Å². The molecule has 1 aromatic carbocycles. The minimum atomic E-state index is -0.977. The molecule has 1 aliphatic heterocycles. The van der Waals surface area contributed by atoms with Crippen LogP contribution in [-0.2, 0) is 35.0 Å². The fourth-order valence-electron chi connectivity index (χ4n) is 7.76. The Bertz CT molecular complexity index is 1430. The third-order valence-corrected chi connectivity index (χ3v) is 11.0. The van der Waals surface area contributed by atoms with Crippen LogP contribution in [-0.4, -0.2) is 108 Å². The Morgan fingerprint density at radius 3 is 2.39 bits per heavy atom. The van der Waals surface area contributed by atoms with Crippen LogP contribution in [0, 0.1) is 17.8 Å². The number of rotatable bonds is 24. The van der Waals surface area contributed by atoms with Crippen LogP contribution < -0.4 is 21.7 Å². The number of hydrogen-bond acceptors (Lipinski definition) is 12. The zero-order chi connectivity index (χ0) is 40.3. The Balaban J connectivity index is 1.47. The summed E-state index contributed by atoms with van der Waals surface area (Å²) in [6.45, 7) is 7.89. The molecule has 0 bridgehead atoms. The highest BCUT2D eigenvalue weighted by molar-refractivity contribution is 5.84. The van der Waals surface area contributed by atoms with Gasteiger partial charge in [0.1, 0.15) is 19.0 Å². The first-order valence-corrected chi connectivity index (χ1v) is 20.8. The summed E-state index contributed by atoms with van der Waals surface area (Å²) in [5.74, 6) is -0.651. The number of methoxy groups -OCH3 is 1. The number of nitrogens with one attached hydrogen (secondary N) is 3. The molecular weight excluding hydrogens is 718 g/mol. The monoisotopic (exact) mass is 786 g/mol. The molecule has 0 spiro atoms. The van der Waals surface area contributed by atoms with E-state index in [0.717, 1.165) is 44.1 Å². The summed E-state index contributed by atoms with van der Waals surface area (Å²) in [4.78, 5) is 47.7. The maximum Gasteiger partial charge on any atom is 0.320 e. The molecule has 2 fully saturated rings. The van der Waals surface area contributed by atoms with Gasteiger partial charge < -0.3 is 50.4 Å². The van der Waals surface area contributed by atoms with Crippen LogP contribution in [0.25, 0.3) is 0 Å². The molecule has 4 rings (SSSR count). The number of likely N-dealkylation sites (tertiary alicyclic amines) is 1. The van der Waals surface area contributed by atoms with Gasteiger partial charge in [0, 0.05) is 45.6 Å². The molecule has 15 heteroatoms. The van der Waals surface area contributed by atoms with Crippen molar-refractivity contribution in [2.75, 3.05) is 51.1 Å². The van der Waals surface area contributed by atoms with Gasteiger partial charge in [-0.2, -0.15) is 4.98 Å². The maximum absolute atomic E-state index is 14.4. The minimum absolute atomic E-state index is 0.0181. The summed E-state index contributed by atoms with van der Waals surface area (Å²) >= 11 is 0. The topological polar surface area (TPSA) is 203 Å². The van der Waals surface area contributed by atoms with Gasteiger partial charge >= 0.3 is 6.01 Å². The molecule has 3 unspecified atom stereocenters. The Morgan fingerprint density at radius 2 is 1.75 bits per heavy atom. The van der Waals surface area contributed by atoms with Gasteiger partial charge in [-0.15, -0.1) is 0 Å². The highest BCUT2D eigenvalue weighted by atomic mass is 16.7. The number of aromatic nitrogens is 2. The third-order valence-electron chi connectivity index (χ3n) is 11.0. The largest absolute Gasteiger partial charge is 0.391 e. The van der Waals surface area contributed by atoms with E-state index in [4.69, 9.17) is 24.5 Å². The van der Waals surface area contributed by atoms with Gasteiger partial charge in [-0.1, -0.05) is 96.0 Å². The Morgan fingerprint density at radius 1 is 1.02 bits per heavy atom. The number of nitrogen functional groups attached to an aromatic ring is 1. The summed E-state index contributed by atoms with van der Waals surface area (Å²) in [7, 11) is 1.59. The average Bonchev–Trinajstić information content (AvgIpc) is 3.63. The Kier molecular flexibility index (Phi) is 19.3. The number of amides is 3. The van der Waals surface area contributed by atoms with E-state index in [0.29, 0.717) is 64.2 Å². The van der Waals surface area contributed by atoms with Gasteiger partial charge in [-0.3, -0.25) is 14.4 Å². The number of anilines is 2. The van der Waals surface area contributed by atoms with Crippen LogP contribution in [0.15, 0.2) is 34.9 Å². The molecule has 2 aromatic rings. The number of nitrogens with two attached hydrogens (primary N) is 1. The lowest BCUT2D eigenvalue weighted by molar-refractivity contribution is -0.157. The van der Waals surface area contributed by atoms with Gasteiger partial charge in [0.25, 0.3) is 11.9 Å². The van der Waals surface area contributed by atoms with Crippen molar-refractivity contribution in [2.24, 2.45) is 17.8 Å². The fourth-order valence-corrected chi connectivity index (χ4v) is 7.76. The van der Waals surface area contributed by atoms with Crippen molar-refractivity contribution in [1.29, 1.82) is 0 Å². The lowest BCUT2D eigenvalue weighted by atomic mass is 9.81. The molecule has 15 nitrogen and oxygen atoms in total. The minimum Gasteiger partial charge on any atom is -0.391 e. The zero-order valence-electron chi connectivity index (χ0n) is 34.0. The van der Waals surface area contributed by atoms with E-state index < -0.39 is 30.3 Å². The average molecular weight is 786 g/mol. The molecule has 2 aliphatic rings. The van der Waals surface area contributed by atoms with Gasteiger partial charge in [-0.25, -0.2) is 0 Å². The van der Waals surface area contributed by atoms with E-state index in [1.165, 1.54) is 6.42 Å². The highest BCUT2D eigenvalue weighted by Crippen LogP contribution is 2.30. The molecule has 1 aromatic heterocycles. The lowest BCUT2D eigenvalue weighted by Crippen LogP contribution is -2.52. The van der Waals surface area contributed by atoms with Crippen LogP contribution in [0.5, 0.6) is 0 Å². The number of piperidine rings is 1. The van der Waals surface area contributed by atoms with Gasteiger partial charge in [0.15, 0.2) is 0 Å². The van der Waals surface area contributed by atoms with E-state index in [2.05, 4.69) is 33.0 Å². The quantitative estimate of drug-likeness (QED) is 0.0740. The van der Waals surface area contributed by atoms with E-state index in [1.54, 1.807) is 7.11 Å². The molecule has 56 heavy (non-hydrogen) atoms. The predicted octanol–water partition coefficient (Wildman–Crippen LogP) is 4.46. The second-order valence-electron chi connectivity index (χ2n) is 15.7. The third kappa shape index (κ3) is 14.9. The SMILES string of the molecule is CCCCC(OC(Cc1ccccc1)C(=O)N1CCC(OCOC)CC1)C(=O)NC(CC1CCCCC1)[C@@H](O)C[C@H](C(=O)NCCNc1noc(N)n1)C(C)C. The number of nitrogens with zero attached hydrogens (tertiary/aromatic N) is 3. The summed E-state index contributed by atoms with van der Waals surface area (Å²) in [6.07, 6.45) is 7.23. The van der Waals surface area contributed by atoms with E-state index in [-0.39, 0.29) is 54.9 Å². The van der Waals surface area contributed by atoms with Crippen molar-refractivity contribution >= 4 is 29.7 Å². The number of ether oxygens (including phenoxy) is 3. The number of carbonyl (C=O) groups is 3. The highest BCUT2D eigenvalue weighted by Gasteiger charge is 2.36. The van der Waals surface area contributed by atoms with Crippen molar-refractivity contribution in [3.05, 3.63) is 35.9 Å². The van der Waals surface area contributed by atoms with Gasteiger partial charge in [0.05, 0.1) is 18.2 Å². The standard InChI is InChI=1S/C41H67N7O8/c1-5-6-17-35(55-36(25-30-15-11-8-12-16-30)39(52)48-22-18-31(19-23-48)54-27-53-4)38(51)45-33(24-29-13-9-7-10-14-29)34(49)26-32(28(2)3)37(50)43-20-21-44-41-46-40(42)56-47-41/h8,11-12,15-16,28-29,31-36,49H,5-7,9-10,13-14,17-27H2,1-4H3,(H,43,50)(H,45,51)(H3,42,44,46,47)/t32-,33?,34-,35?,36?/m0/s1. The van der Waals surface area contributed by atoms with Crippen LogP contribution in [0.1, 0.15) is 103 Å². The second-order valence-corrected chi connectivity index (χ2v) is 15.7. The first kappa shape index (κ1) is 44.9. The zero-order valence-corrected chi connectivity index (χ0v) is 34.0. The molecule has 314 valence electrons. The second kappa shape index (κ2) is 24.1. The Hall–Kier alpha value is -3.79. The maximum atomic E-state index is 14.4. The number of carbonyl (C=O) groups excluding carboxylic acids is 3. The predicted molar refractivity (Wildman–Crippen MR) is 213 cm³/mol. The summed E-state index contributed by atoms with van der Waals surface area (Å²) in [5, 5.41) is 24.7. The van der Waals surface area contributed by atoms with Gasteiger partial charge in [0.2, 0.25) is 11.8 Å². The summed E-state index contributed by atoms with van der Waals surface area (Å²) in [6, 6.07) is 9.09. The van der Waals surface area contributed by atoms with Gasteiger partial charge in [-0.05, 0) is 54.7 Å². The van der Waals surface area contributed by atoms with Crippen LogP contribution in [0.4, 0.5) is 12.0 Å². The number of unbranched alkanes of at least 4 members (excludes halogenated alkanes) is 1. The normalized spacial score (nSPS) is 18.2. The molecular formula is C41H67N7O8. The van der Waals surface area contributed by atoms with Crippen LogP contribution in [0.3, 0.4) is 0 Å².